The van der Waals surface area contributed by atoms with Gasteiger partial charge in [0.2, 0.25) is 5.91 Å². The lowest BCUT2D eigenvalue weighted by molar-refractivity contribution is -0.115. The highest BCUT2D eigenvalue weighted by atomic mass is 35.5. The van der Waals surface area contributed by atoms with Crippen LogP contribution in [0.4, 0.5) is 11.4 Å². The Morgan fingerprint density at radius 1 is 1.12 bits per heavy atom. The number of amides is 2. The summed E-state index contributed by atoms with van der Waals surface area (Å²) in [5, 5.41) is 5.84. The second-order valence-corrected chi connectivity index (χ2v) is 6.24. The van der Waals surface area contributed by atoms with Gasteiger partial charge in [-0.3, -0.25) is 9.59 Å². The number of carbonyl (C=O) groups is 2. The zero-order valence-electron chi connectivity index (χ0n) is 14.0. The Balaban J connectivity index is 0.00000225. The summed E-state index contributed by atoms with van der Waals surface area (Å²) in [5.74, 6) is -0.214. The number of nitrogens with two attached hydrogens (primary N) is 1. The third-order valence-electron chi connectivity index (χ3n) is 4.03. The third kappa shape index (κ3) is 5.22. The summed E-state index contributed by atoms with van der Waals surface area (Å²) < 4.78 is 0. The first-order valence-corrected chi connectivity index (χ1v) is 8.07. The van der Waals surface area contributed by atoms with Gasteiger partial charge in [0.25, 0.3) is 5.91 Å². The molecule has 4 N–H and O–H groups in total. The second-order valence-electron chi connectivity index (χ2n) is 6.24. The van der Waals surface area contributed by atoms with Crippen LogP contribution in [0.15, 0.2) is 42.5 Å². The van der Waals surface area contributed by atoms with E-state index in [2.05, 4.69) is 10.6 Å². The normalized spacial score (nSPS) is 12.8. The Morgan fingerprint density at radius 3 is 2.44 bits per heavy atom. The molecule has 1 aliphatic rings. The van der Waals surface area contributed by atoms with Gasteiger partial charge in [0.1, 0.15) is 0 Å². The molecular formula is C19H22ClN3O2. The fraction of sp³-hybridized carbons (Fsp3) is 0.263. The minimum absolute atomic E-state index is 0. The topological polar surface area (TPSA) is 84.2 Å². The van der Waals surface area contributed by atoms with Gasteiger partial charge in [0.05, 0.1) is 6.42 Å². The number of hydrogen-bond donors (Lipinski definition) is 3. The van der Waals surface area contributed by atoms with E-state index in [0.29, 0.717) is 23.0 Å². The molecule has 132 valence electrons. The molecule has 0 heterocycles. The number of halogens is 1. The van der Waals surface area contributed by atoms with E-state index in [9.17, 15) is 9.59 Å². The van der Waals surface area contributed by atoms with Crippen molar-refractivity contribution in [3.8, 4) is 0 Å². The van der Waals surface area contributed by atoms with Crippen LogP contribution >= 0.6 is 12.4 Å². The molecule has 25 heavy (non-hydrogen) atoms. The van der Waals surface area contributed by atoms with Crippen LogP contribution in [0.5, 0.6) is 0 Å². The van der Waals surface area contributed by atoms with Crippen LogP contribution < -0.4 is 16.4 Å². The maximum atomic E-state index is 12.2. The summed E-state index contributed by atoms with van der Waals surface area (Å²) in [6.07, 6.45) is 2.35. The molecule has 2 amide bonds. The number of nitrogen functional groups attached to an aromatic ring is 1. The molecule has 0 radical (unpaired) electrons. The maximum absolute atomic E-state index is 12.2. The van der Waals surface area contributed by atoms with E-state index in [1.807, 2.05) is 25.1 Å². The monoisotopic (exact) mass is 359 g/mol. The quantitative estimate of drug-likeness (QED) is 0.717. The van der Waals surface area contributed by atoms with Crippen LogP contribution in [0.2, 0.25) is 0 Å². The molecule has 0 bridgehead atoms. The average molecular weight is 360 g/mol. The van der Waals surface area contributed by atoms with E-state index in [4.69, 9.17) is 5.73 Å². The number of aryl methyl sites for hydroxylation is 1. The van der Waals surface area contributed by atoms with E-state index in [-0.39, 0.29) is 30.6 Å². The van der Waals surface area contributed by atoms with Gasteiger partial charge in [0.15, 0.2) is 0 Å². The standard InChI is InChI=1S/C19H21N3O2.ClH/c1-12-2-5-14(19(24)21-16-8-9-16)11-17(12)22-18(23)10-13-3-6-15(20)7-4-13;/h2-7,11,16H,8-10,20H2,1H3,(H,21,24)(H,22,23);1H. The molecular weight excluding hydrogens is 338 g/mol. The SMILES string of the molecule is Cc1ccc(C(=O)NC2CC2)cc1NC(=O)Cc1ccc(N)cc1.Cl. The van der Waals surface area contributed by atoms with Gasteiger partial charge < -0.3 is 16.4 Å². The van der Waals surface area contributed by atoms with Gasteiger partial charge in [-0.05, 0) is 55.2 Å². The smallest absolute Gasteiger partial charge is 0.251 e. The molecule has 1 saturated carbocycles. The molecule has 0 aliphatic heterocycles. The Morgan fingerprint density at radius 2 is 1.80 bits per heavy atom. The van der Waals surface area contributed by atoms with E-state index in [0.717, 1.165) is 24.0 Å². The first-order chi connectivity index (χ1) is 11.5. The zero-order chi connectivity index (χ0) is 17.1. The van der Waals surface area contributed by atoms with Gasteiger partial charge in [-0.2, -0.15) is 0 Å². The van der Waals surface area contributed by atoms with Crippen molar-refractivity contribution in [1.82, 2.24) is 5.32 Å². The van der Waals surface area contributed by atoms with Crippen LogP contribution in [0, 0.1) is 6.92 Å². The van der Waals surface area contributed by atoms with E-state index in [1.54, 1.807) is 24.3 Å². The third-order valence-corrected chi connectivity index (χ3v) is 4.03. The lowest BCUT2D eigenvalue weighted by atomic mass is 10.1. The molecule has 5 nitrogen and oxygen atoms in total. The molecule has 0 spiro atoms. The van der Waals surface area contributed by atoms with Crippen LogP contribution in [0.1, 0.15) is 34.3 Å². The summed E-state index contributed by atoms with van der Waals surface area (Å²) in [4.78, 5) is 24.4. The lowest BCUT2D eigenvalue weighted by Gasteiger charge is -2.11. The summed E-state index contributed by atoms with van der Waals surface area (Å²) in [6, 6.07) is 12.9. The van der Waals surface area contributed by atoms with Gasteiger partial charge >= 0.3 is 0 Å². The van der Waals surface area contributed by atoms with Gasteiger partial charge in [-0.15, -0.1) is 12.4 Å². The zero-order valence-corrected chi connectivity index (χ0v) is 14.9. The Bertz CT molecular complexity index is 771. The van der Waals surface area contributed by atoms with Crippen molar-refractivity contribution in [3.05, 3.63) is 59.2 Å². The van der Waals surface area contributed by atoms with Crippen LogP contribution in [-0.4, -0.2) is 17.9 Å². The summed E-state index contributed by atoms with van der Waals surface area (Å²) in [6.45, 7) is 1.90. The first-order valence-electron chi connectivity index (χ1n) is 8.07. The molecule has 3 rings (SSSR count). The van der Waals surface area contributed by atoms with Crippen molar-refractivity contribution in [2.45, 2.75) is 32.2 Å². The Hall–Kier alpha value is -2.53. The van der Waals surface area contributed by atoms with E-state index >= 15 is 0 Å². The Kier molecular flexibility index (Phi) is 6.04. The number of hydrogen-bond acceptors (Lipinski definition) is 3. The molecule has 1 aliphatic carbocycles. The highest BCUT2D eigenvalue weighted by Crippen LogP contribution is 2.21. The summed E-state index contributed by atoms with van der Waals surface area (Å²) >= 11 is 0. The molecule has 0 unspecified atom stereocenters. The molecule has 0 saturated heterocycles. The molecule has 0 aromatic heterocycles. The lowest BCUT2D eigenvalue weighted by Crippen LogP contribution is -2.25. The number of benzene rings is 2. The molecule has 6 heteroatoms. The summed E-state index contributed by atoms with van der Waals surface area (Å²) in [5.41, 5.74) is 9.36. The first kappa shape index (κ1) is 18.8. The minimum atomic E-state index is -0.123. The van der Waals surface area contributed by atoms with Crippen molar-refractivity contribution in [2.75, 3.05) is 11.1 Å². The summed E-state index contributed by atoms with van der Waals surface area (Å²) in [7, 11) is 0. The van der Waals surface area contributed by atoms with Crippen LogP contribution in [0.25, 0.3) is 0 Å². The number of nitrogens with one attached hydrogen (secondary N) is 2. The van der Waals surface area contributed by atoms with E-state index in [1.165, 1.54) is 0 Å². The second kappa shape index (κ2) is 8.03. The fourth-order valence-electron chi connectivity index (χ4n) is 2.41. The predicted octanol–water partition coefficient (Wildman–Crippen LogP) is 3.07. The van der Waals surface area contributed by atoms with Gasteiger partial charge in [0, 0.05) is 23.0 Å². The molecule has 2 aromatic carbocycles. The largest absolute Gasteiger partial charge is 0.399 e. The molecule has 0 atom stereocenters. The van der Waals surface area contributed by atoms with Gasteiger partial charge in [-0.1, -0.05) is 18.2 Å². The highest BCUT2D eigenvalue weighted by molar-refractivity contribution is 5.98. The average Bonchev–Trinajstić information content (AvgIpc) is 3.35. The van der Waals surface area contributed by atoms with Crippen LogP contribution in [0.3, 0.4) is 0 Å². The van der Waals surface area contributed by atoms with Crippen LogP contribution in [-0.2, 0) is 11.2 Å². The van der Waals surface area contributed by atoms with Crippen molar-refractivity contribution < 1.29 is 9.59 Å². The number of carbonyl (C=O) groups excluding carboxylic acids is 2. The van der Waals surface area contributed by atoms with Crippen molar-refractivity contribution in [3.63, 3.8) is 0 Å². The van der Waals surface area contributed by atoms with Crippen molar-refractivity contribution in [1.29, 1.82) is 0 Å². The van der Waals surface area contributed by atoms with E-state index < -0.39 is 0 Å². The fourth-order valence-corrected chi connectivity index (χ4v) is 2.41. The number of rotatable bonds is 5. The number of anilines is 2. The maximum Gasteiger partial charge on any atom is 0.251 e. The minimum Gasteiger partial charge on any atom is -0.399 e. The van der Waals surface area contributed by atoms with Crippen molar-refractivity contribution in [2.24, 2.45) is 0 Å². The van der Waals surface area contributed by atoms with Crippen molar-refractivity contribution >= 4 is 35.6 Å². The van der Waals surface area contributed by atoms with Gasteiger partial charge in [-0.25, -0.2) is 0 Å². The molecule has 2 aromatic rings. The molecule has 1 fully saturated rings. The highest BCUT2D eigenvalue weighted by Gasteiger charge is 2.24. The Labute approximate surface area is 153 Å². The predicted molar refractivity (Wildman–Crippen MR) is 102 cm³/mol.